The van der Waals surface area contributed by atoms with E-state index in [9.17, 15) is 0 Å². The van der Waals surface area contributed by atoms with Crippen LogP contribution in [0.25, 0.3) is 16.7 Å². The van der Waals surface area contributed by atoms with Gasteiger partial charge in [0.1, 0.15) is 11.5 Å². The highest BCUT2D eigenvalue weighted by Gasteiger charge is 2.26. The van der Waals surface area contributed by atoms with Gasteiger partial charge in [0.2, 0.25) is 0 Å². The number of methoxy groups -OCH3 is 2. The summed E-state index contributed by atoms with van der Waals surface area (Å²) in [6.45, 7) is 6.66. The van der Waals surface area contributed by atoms with Gasteiger partial charge >= 0.3 is 0 Å². The lowest BCUT2D eigenvalue weighted by Gasteiger charge is -2.33. The molecule has 3 rings (SSSR count). The fraction of sp³-hybridized carbons (Fsp3) is 0.364. The van der Waals surface area contributed by atoms with Gasteiger partial charge in [-0.3, -0.25) is 0 Å². The molecule has 0 atom stereocenters. The van der Waals surface area contributed by atoms with E-state index in [1.165, 1.54) is 11.1 Å². The highest BCUT2D eigenvalue weighted by atomic mass is 35.5. The highest BCUT2D eigenvalue weighted by Crippen LogP contribution is 2.43. The third kappa shape index (κ3) is 3.92. The normalized spacial score (nSPS) is 14.8. The van der Waals surface area contributed by atoms with Crippen molar-refractivity contribution in [2.24, 2.45) is 0 Å². The van der Waals surface area contributed by atoms with Crippen molar-refractivity contribution in [1.29, 1.82) is 0 Å². The third-order valence-electron chi connectivity index (χ3n) is 4.68. The van der Waals surface area contributed by atoms with E-state index in [4.69, 9.17) is 25.8 Å². The van der Waals surface area contributed by atoms with Gasteiger partial charge in [0.25, 0.3) is 0 Å². The van der Waals surface area contributed by atoms with Crippen molar-refractivity contribution < 1.29 is 14.2 Å². The van der Waals surface area contributed by atoms with Crippen molar-refractivity contribution >= 4 is 22.9 Å². The molecule has 4 nitrogen and oxygen atoms in total. The van der Waals surface area contributed by atoms with E-state index in [-0.39, 0.29) is 12.3 Å². The average Bonchev–Trinajstić information content (AvgIpc) is 2.64. The van der Waals surface area contributed by atoms with Crippen LogP contribution in [0.15, 0.2) is 36.4 Å². The van der Waals surface area contributed by atoms with Crippen molar-refractivity contribution in [3.8, 4) is 22.6 Å². The van der Waals surface area contributed by atoms with Crippen molar-refractivity contribution in [2.75, 3.05) is 26.3 Å². The zero-order chi connectivity index (χ0) is 19.6. The van der Waals surface area contributed by atoms with E-state index in [1.807, 2.05) is 18.2 Å². The number of anilines is 1. The quantitative estimate of drug-likeness (QED) is 0.510. The molecule has 0 radical (unpaired) electrons. The molecule has 0 aliphatic carbocycles. The molecule has 2 aromatic rings. The number of nitrogens with one attached hydrogen (secondary N) is 1. The summed E-state index contributed by atoms with van der Waals surface area (Å²) in [5, 5.41) is 3.58. The van der Waals surface area contributed by atoms with Crippen LogP contribution in [-0.4, -0.2) is 26.6 Å². The van der Waals surface area contributed by atoms with Crippen molar-refractivity contribution in [3.63, 3.8) is 0 Å². The topological polar surface area (TPSA) is 39.7 Å². The second kappa shape index (κ2) is 7.83. The van der Waals surface area contributed by atoms with E-state index in [2.05, 4.69) is 44.3 Å². The lowest BCUT2D eigenvalue weighted by molar-refractivity contribution is 0.0510. The number of fused-ring (bicyclic) bond motifs is 1. The Labute approximate surface area is 166 Å². The van der Waals surface area contributed by atoms with Gasteiger partial charge in [0, 0.05) is 35.9 Å². The molecule has 1 aliphatic heterocycles. The number of hydrogen-bond donors (Lipinski definition) is 1. The Kier molecular flexibility index (Phi) is 5.68. The minimum atomic E-state index is -0.0831. The van der Waals surface area contributed by atoms with Crippen molar-refractivity contribution in [3.05, 3.63) is 47.5 Å². The van der Waals surface area contributed by atoms with Gasteiger partial charge in [0.15, 0.2) is 6.79 Å². The lowest BCUT2D eigenvalue weighted by Crippen LogP contribution is -2.31. The van der Waals surface area contributed by atoms with Crippen LogP contribution in [0.5, 0.6) is 11.5 Å². The van der Waals surface area contributed by atoms with Gasteiger partial charge in [-0.2, -0.15) is 0 Å². The number of alkyl halides is 1. The molecule has 1 N–H and O–H groups in total. The molecule has 0 fully saturated rings. The molecule has 144 valence electrons. The third-order valence-corrected chi connectivity index (χ3v) is 4.95. The van der Waals surface area contributed by atoms with E-state index in [0.717, 1.165) is 28.1 Å². The van der Waals surface area contributed by atoms with Crippen molar-refractivity contribution in [2.45, 2.75) is 32.2 Å². The molecule has 0 amide bonds. The zero-order valence-electron chi connectivity index (χ0n) is 16.5. The van der Waals surface area contributed by atoms with Crippen LogP contribution in [-0.2, 0) is 10.6 Å². The summed E-state index contributed by atoms with van der Waals surface area (Å²) in [7, 11) is 3.25. The Morgan fingerprint density at radius 3 is 2.48 bits per heavy atom. The molecular weight excluding hydrogens is 362 g/mol. The molecule has 0 unspecified atom stereocenters. The molecule has 1 heterocycles. The molecule has 27 heavy (non-hydrogen) atoms. The average molecular weight is 388 g/mol. The number of allylic oxidation sites excluding steroid dienone is 1. The highest BCUT2D eigenvalue weighted by molar-refractivity contribution is 6.18. The maximum Gasteiger partial charge on any atom is 0.188 e. The number of benzene rings is 2. The summed E-state index contributed by atoms with van der Waals surface area (Å²) >= 11 is 6.41. The van der Waals surface area contributed by atoms with Gasteiger partial charge in [-0.15, -0.1) is 11.6 Å². The Hall–Kier alpha value is -2.17. The molecular formula is C22H26ClNO3. The first-order chi connectivity index (χ1) is 12.9. The van der Waals surface area contributed by atoms with E-state index >= 15 is 0 Å². The number of hydrogen-bond acceptors (Lipinski definition) is 4. The second-order valence-electron chi connectivity index (χ2n) is 7.23. The predicted molar refractivity (Wildman–Crippen MR) is 112 cm³/mol. The number of halogens is 1. The first kappa shape index (κ1) is 19.6. The van der Waals surface area contributed by atoms with Gasteiger partial charge < -0.3 is 19.5 Å². The Bertz CT molecular complexity index is 874. The van der Waals surface area contributed by atoms with E-state index in [1.54, 1.807) is 14.2 Å². The SMILES string of the molecule is COCOc1ccc(-c2ccc3c(c2CCl)C(C)=CC(C)(C)N3)c(OC)c1. The van der Waals surface area contributed by atoms with E-state index in [0.29, 0.717) is 11.6 Å². The summed E-state index contributed by atoms with van der Waals surface area (Å²) in [4.78, 5) is 0. The minimum absolute atomic E-state index is 0.0831. The van der Waals surface area contributed by atoms with Gasteiger partial charge in [-0.25, -0.2) is 0 Å². The lowest BCUT2D eigenvalue weighted by atomic mass is 9.85. The summed E-state index contributed by atoms with van der Waals surface area (Å²) in [6.07, 6.45) is 2.24. The van der Waals surface area contributed by atoms with Crippen molar-refractivity contribution in [1.82, 2.24) is 0 Å². The number of ether oxygens (including phenoxy) is 3. The van der Waals surface area contributed by atoms with E-state index < -0.39 is 0 Å². The largest absolute Gasteiger partial charge is 0.496 e. The van der Waals surface area contributed by atoms with Gasteiger partial charge in [0.05, 0.1) is 12.6 Å². The first-order valence-corrected chi connectivity index (χ1v) is 9.43. The van der Waals surface area contributed by atoms with Gasteiger partial charge in [-0.05, 0) is 55.7 Å². The summed E-state index contributed by atoms with van der Waals surface area (Å²) < 4.78 is 16.1. The number of rotatable bonds is 6. The maximum absolute atomic E-state index is 6.41. The Morgan fingerprint density at radius 1 is 1.07 bits per heavy atom. The summed E-state index contributed by atoms with van der Waals surface area (Å²) in [5.74, 6) is 1.85. The Morgan fingerprint density at radius 2 is 1.81 bits per heavy atom. The molecule has 0 aromatic heterocycles. The predicted octanol–water partition coefficient (Wildman–Crippen LogP) is 5.69. The van der Waals surface area contributed by atoms with Gasteiger partial charge in [-0.1, -0.05) is 12.1 Å². The Balaban J connectivity index is 2.12. The maximum atomic E-state index is 6.41. The smallest absolute Gasteiger partial charge is 0.188 e. The van der Waals surface area contributed by atoms with Crippen LogP contribution in [0.3, 0.4) is 0 Å². The monoisotopic (exact) mass is 387 g/mol. The minimum Gasteiger partial charge on any atom is -0.496 e. The molecule has 2 aromatic carbocycles. The molecule has 5 heteroatoms. The molecule has 0 spiro atoms. The summed E-state index contributed by atoms with van der Waals surface area (Å²) in [6, 6.07) is 10.0. The summed E-state index contributed by atoms with van der Waals surface area (Å²) in [5.41, 5.74) is 6.56. The fourth-order valence-electron chi connectivity index (χ4n) is 3.70. The van der Waals surface area contributed by atoms with Crippen LogP contribution < -0.4 is 14.8 Å². The second-order valence-corrected chi connectivity index (χ2v) is 7.50. The van der Waals surface area contributed by atoms with Crippen LogP contribution >= 0.6 is 11.6 Å². The van der Waals surface area contributed by atoms with Crippen LogP contribution in [0.1, 0.15) is 31.9 Å². The molecule has 0 saturated heterocycles. The molecule has 0 saturated carbocycles. The fourth-order valence-corrected chi connectivity index (χ4v) is 3.98. The van der Waals surface area contributed by atoms with Crippen LogP contribution in [0.4, 0.5) is 5.69 Å². The first-order valence-electron chi connectivity index (χ1n) is 8.90. The van der Waals surface area contributed by atoms with Crippen LogP contribution in [0.2, 0.25) is 0 Å². The molecule has 1 aliphatic rings. The zero-order valence-corrected chi connectivity index (χ0v) is 17.2. The van der Waals surface area contributed by atoms with Crippen LogP contribution in [0, 0.1) is 0 Å². The molecule has 0 bridgehead atoms. The standard InChI is InChI=1S/C22H26ClNO3/c1-14-11-22(2,3)24-19-9-8-16(18(12-23)21(14)19)17-7-6-15(27-13-25-4)10-20(17)26-5/h6-11,24H,12-13H2,1-5H3.